The first-order chi connectivity index (χ1) is 13.9. The molecule has 0 aliphatic carbocycles. The Bertz CT molecular complexity index is 837. The van der Waals surface area contributed by atoms with Gasteiger partial charge in [-0.15, -0.1) is 11.8 Å². The molecule has 1 aromatic carbocycles. The Labute approximate surface area is 196 Å². The molecule has 2 aliphatic rings. The van der Waals surface area contributed by atoms with Crippen LogP contribution >= 0.6 is 46.6 Å². The van der Waals surface area contributed by atoms with Crippen molar-refractivity contribution in [3.63, 3.8) is 0 Å². The lowest BCUT2D eigenvalue weighted by Gasteiger charge is -2.41. The molecule has 7 nitrogen and oxygen atoms in total. The number of rotatable bonds is 6. The maximum Gasteiger partial charge on any atom is 0.334 e. The number of nitrogens with one attached hydrogen (secondary N) is 1. The van der Waals surface area contributed by atoms with Crippen molar-refractivity contribution in [3.05, 3.63) is 30.3 Å². The van der Waals surface area contributed by atoms with Crippen LogP contribution in [-0.2, 0) is 30.3 Å². The number of thioether (sulfide) groups is 1. The predicted octanol–water partition coefficient (Wildman–Crippen LogP) is 2.25. The highest BCUT2D eigenvalue weighted by atomic mass is 35.6. The quantitative estimate of drug-likeness (QED) is 0.206. The number of esters is 1. The Morgan fingerprint density at radius 3 is 2.53 bits per heavy atom. The van der Waals surface area contributed by atoms with Crippen LogP contribution in [0.3, 0.4) is 0 Å². The Kier molecular flexibility index (Phi) is 7.11. The molecule has 1 unspecified atom stereocenters. The number of benzene rings is 1. The van der Waals surface area contributed by atoms with Crippen molar-refractivity contribution in [2.24, 2.45) is 0 Å². The molecule has 164 valence electrons. The average molecular weight is 514 g/mol. The van der Waals surface area contributed by atoms with Crippen molar-refractivity contribution < 1.29 is 23.7 Å². The molecular formula is C18H19Cl3N2O5S2. The second-order valence-corrected chi connectivity index (χ2v) is 13.0. The molecule has 30 heavy (non-hydrogen) atoms. The van der Waals surface area contributed by atoms with Crippen molar-refractivity contribution in [2.75, 3.05) is 12.4 Å². The Morgan fingerprint density at radius 1 is 1.30 bits per heavy atom. The van der Waals surface area contributed by atoms with Gasteiger partial charge in [-0.1, -0.05) is 53.0 Å². The van der Waals surface area contributed by atoms with Gasteiger partial charge in [0.15, 0.2) is 16.8 Å². The van der Waals surface area contributed by atoms with Gasteiger partial charge in [0.25, 0.3) is 5.91 Å². The number of carbonyl (C=O) groups is 3. The molecule has 0 bridgehead atoms. The smallest absolute Gasteiger partial charge is 0.334 e. The van der Waals surface area contributed by atoms with Gasteiger partial charge in [0.05, 0.1) is 5.75 Å². The third-order valence-corrected chi connectivity index (χ3v) is 8.32. The summed E-state index contributed by atoms with van der Waals surface area (Å²) in [5.41, 5.74) is 0. The molecule has 0 aromatic heterocycles. The van der Waals surface area contributed by atoms with Gasteiger partial charge in [-0.2, -0.15) is 0 Å². The summed E-state index contributed by atoms with van der Waals surface area (Å²) in [6.45, 7) is 2.69. The van der Waals surface area contributed by atoms with Crippen LogP contribution in [-0.4, -0.2) is 65.6 Å². The highest BCUT2D eigenvalue weighted by Gasteiger charge is 2.73. The van der Waals surface area contributed by atoms with Crippen LogP contribution in [0.25, 0.3) is 0 Å². The normalized spacial score (nSPS) is 27.3. The lowest BCUT2D eigenvalue weighted by molar-refractivity contribution is -0.164. The van der Waals surface area contributed by atoms with Crippen molar-refractivity contribution in [2.45, 2.75) is 44.7 Å². The number of hydrogen-bond acceptors (Lipinski definition) is 6. The van der Waals surface area contributed by atoms with Gasteiger partial charge in [-0.25, -0.2) is 4.79 Å². The standard InChI is InChI=1S/C18H19Cl3N2O5S2/c1-17(2)13(16(26)28-9-18(19,20)21)23-14(25)12(15(23)30(17)27)22-11(24)8-29-10-6-4-3-5-7-10/h3-7,12-13,15H,8-9H2,1-2H3,(H,22,24)/t12-,13+,15-,30?/m1/s1. The summed E-state index contributed by atoms with van der Waals surface area (Å²) in [5, 5.41) is 1.82. The lowest BCUT2D eigenvalue weighted by Crippen LogP contribution is -2.72. The Hall–Kier alpha value is -0.840. The van der Waals surface area contributed by atoms with E-state index in [1.54, 1.807) is 13.8 Å². The van der Waals surface area contributed by atoms with Crippen molar-refractivity contribution in [3.8, 4) is 0 Å². The van der Waals surface area contributed by atoms with E-state index in [9.17, 15) is 18.9 Å². The summed E-state index contributed by atoms with van der Waals surface area (Å²) in [4.78, 5) is 39.7. The molecule has 2 amide bonds. The topological polar surface area (TPSA) is 98.8 Å². The van der Waals surface area contributed by atoms with E-state index in [4.69, 9.17) is 39.5 Å². The van der Waals surface area contributed by atoms with Gasteiger partial charge in [0, 0.05) is 4.90 Å². The zero-order valence-electron chi connectivity index (χ0n) is 16.0. The number of carbonyl (C=O) groups excluding carboxylic acids is 3. The number of β-lactam (4-membered cyclic amide) rings is 1. The second kappa shape index (κ2) is 8.96. The minimum Gasteiger partial charge on any atom is -0.614 e. The molecule has 2 saturated heterocycles. The first-order valence-corrected chi connectivity index (χ1v) is 12.2. The van der Waals surface area contributed by atoms with Gasteiger partial charge in [0.2, 0.25) is 15.1 Å². The Morgan fingerprint density at radius 2 is 1.93 bits per heavy atom. The van der Waals surface area contributed by atoms with Crippen LogP contribution in [0, 0.1) is 0 Å². The molecule has 2 fully saturated rings. The fourth-order valence-electron chi connectivity index (χ4n) is 3.39. The van der Waals surface area contributed by atoms with Crippen molar-refractivity contribution in [1.29, 1.82) is 0 Å². The number of nitrogens with zero attached hydrogens (tertiary/aromatic N) is 1. The number of alkyl halides is 3. The van der Waals surface area contributed by atoms with Gasteiger partial charge in [-0.05, 0) is 37.2 Å². The van der Waals surface area contributed by atoms with Crippen molar-refractivity contribution >= 4 is 75.5 Å². The van der Waals surface area contributed by atoms with E-state index in [1.807, 2.05) is 30.3 Å². The van der Waals surface area contributed by atoms with Gasteiger partial charge in [-0.3, -0.25) is 14.5 Å². The minimum atomic E-state index is -1.80. The highest BCUT2D eigenvalue weighted by molar-refractivity contribution is 8.00. The number of amides is 2. The van der Waals surface area contributed by atoms with Crippen molar-refractivity contribution in [1.82, 2.24) is 10.2 Å². The minimum absolute atomic E-state index is 0.102. The summed E-state index contributed by atoms with van der Waals surface area (Å²) >= 11 is 16.5. The number of halogens is 3. The van der Waals surface area contributed by atoms with Gasteiger partial charge < -0.3 is 14.6 Å². The maximum absolute atomic E-state index is 13.0. The van der Waals surface area contributed by atoms with Crippen LogP contribution in [0.1, 0.15) is 13.8 Å². The maximum atomic E-state index is 13.0. The monoisotopic (exact) mass is 512 g/mol. The van der Waals surface area contributed by atoms with E-state index in [1.165, 1.54) is 16.7 Å². The summed E-state index contributed by atoms with van der Waals surface area (Å²) in [6, 6.07) is 7.28. The fourth-order valence-corrected chi connectivity index (χ4v) is 6.20. The third kappa shape index (κ3) is 4.81. The average Bonchev–Trinajstić information content (AvgIpc) is 2.87. The molecule has 1 aromatic rings. The van der Waals surface area contributed by atoms with Crippen LogP contribution in [0.4, 0.5) is 0 Å². The predicted molar refractivity (Wildman–Crippen MR) is 117 cm³/mol. The molecule has 0 spiro atoms. The van der Waals surface area contributed by atoms with E-state index < -0.39 is 55.7 Å². The SMILES string of the molecule is CC1(C)[C@H](C(=O)OCC(Cl)(Cl)Cl)N2C(=O)[C@@H](NC(=O)CSc3ccccc3)[C@H]2[S+]1[O-]. The van der Waals surface area contributed by atoms with E-state index in [0.29, 0.717) is 0 Å². The molecule has 1 N–H and O–H groups in total. The number of ether oxygens (including phenoxy) is 1. The molecule has 4 atom stereocenters. The largest absolute Gasteiger partial charge is 0.614 e. The van der Waals surface area contributed by atoms with Crippen LogP contribution in [0.15, 0.2) is 35.2 Å². The summed E-state index contributed by atoms with van der Waals surface area (Å²) in [6.07, 6.45) is 0. The molecule has 12 heteroatoms. The molecule has 0 saturated carbocycles. The molecular weight excluding hydrogens is 495 g/mol. The van der Waals surface area contributed by atoms with E-state index >= 15 is 0 Å². The first kappa shape index (κ1) is 23.8. The van der Waals surface area contributed by atoms with Crippen LogP contribution in [0.5, 0.6) is 0 Å². The zero-order valence-corrected chi connectivity index (χ0v) is 19.9. The van der Waals surface area contributed by atoms with E-state index in [2.05, 4.69) is 5.32 Å². The van der Waals surface area contributed by atoms with E-state index in [0.717, 1.165) is 4.90 Å². The summed E-state index contributed by atoms with van der Waals surface area (Å²) in [5.74, 6) is -1.56. The van der Waals surface area contributed by atoms with Gasteiger partial charge >= 0.3 is 5.97 Å². The van der Waals surface area contributed by atoms with Gasteiger partial charge in [0.1, 0.15) is 6.61 Å². The molecule has 2 heterocycles. The van der Waals surface area contributed by atoms with E-state index in [-0.39, 0.29) is 11.7 Å². The molecule has 2 aliphatic heterocycles. The first-order valence-electron chi connectivity index (χ1n) is 8.87. The molecule has 3 rings (SSSR count). The van der Waals surface area contributed by atoms with Crippen LogP contribution in [0.2, 0.25) is 0 Å². The van der Waals surface area contributed by atoms with Crippen LogP contribution < -0.4 is 5.32 Å². The molecule has 0 radical (unpaired) electrons. The third-order valence-electron chi connectivity index (χ3n) is 4.79. The second-order valence-electron chi connectivity index (χ2n) is 7.31. The Balaban J connectivity index is 1.64. The summed E-state index contributed by atoms with van der Waals surface area (Å²) < 4.78 is 15.1. The number of fused-ring (bicyclic) bond motifs is 1. The fraction of sp³-hybridized carbons (Fsp3) is 0.500. The summed E-state index contributed by atoms with van der Waals surface area (Å²) in [7, 11) is 0. The highest BCUT2D eigenvalue weighted by Crippen LogP contribution is 2.46. The number of hydrogen-bond donors (Lipinski definition) is 1. The zero-order chi connectivity index (χ0) is 22.3. The lowest BCUT2D eigenvalue weighted by atomic mass is 9.96.